The molecule has 1 N–H and O–H groups in total. The molecule has 2 rings (SSSR count). The molecule has 0 bridgehead atoms. The minimum atomic E-state index is -3.40. The maximum Gasteiger partial charge on any atom is 0.157 e. The fourth-order valence-electron chi connectivity index (χ4n) is 2.42. The van der Waals surface area contributed by atoms with Gasteiger partial charge < -0.3 is 9.84 Å². The van der Waals surface area contributed by atoms with Gasteiger partial charge in [-0.05, 0) is 42.2 Å². The zero-order valence-corrected chi connectivity index (χ0v) is 14.9. The Kier molecular flexibility index (Phi) is 6.40. The lowest BCUT2D eigenvalue weighted by molar-refractivity contribution is 0.125. The first-order valence-corrected chi connectivity index (χ1v) is 9.86. The molecule has 0 saturated heterocycles. The molecule has 0 amide bonds. The van der Waals surface area contributed by atoms with Crippen molar-refractivity contribution in [3.05, 3.63) is 65.2 Å². The molecular weight excluding hydrogens is 324 g/mol. The molecule has 0 radical (unpaired) electrons. The summed E-state index contributed by atoms with van der Waals surface area (Å²) >= 11 is 0. The average Bonchev–Trinajstić information content (AvgIpc) is 2.55. The molecule has 5 heteroatoms. The van der Waals surface area contributed by atoms with Crippen molar-refractivity contribution in [2.75, 3.05) is 12.4 Å². The summed E-state index contributed by atoms with van der Waals surface area (Å²) < 4.78 is 30.0. The van der Waals surface area contributed by atoms with E-state index in [1.165, 1.54) is 5.56 Å². The van der Waals surface area contributed by atoms with Gasteiger partial charge in [0.15, 0.2) is 9.84 Å². The lowest BCUT2D eigenvalue weighted by Gasteiger charge is -2.14. The number of hydrogen-bond acceptors (Lipinski definition) is 4. The average molecular weight is 348 g/mol. The van der Waals surface area contributed by atoms with Crippen LogP contribution in [-0.4, -0.2) is 32.0 Å². The lowest BCUT2D eigenvalue weighted by Crippen LogP contribution is -2.28. The molecule has 0 aliphatic rings. The number of aryl methyl sites for hydroxylation is 2. The second-order valence-corrected chi connectivity index (χ2v) is 8.05. The number of aliphatic hydroxyl groups excluding tert-OH is 1. The summed E-state index contributed by atoms with van der Waals surface area (Å²) in [5, 5.41) is 9.99. The van der Waals surface area contributed by atoms with Gasteiger partial charge in [0.1, 0.15) is 18.5 Å². The number of aliphatic hydroxyl groups is 1. The number of sulfone groups is 1. The quantitative estimate of drug-likeness (QED) is 0.797. The van der Waals surface area contributed by atoms with E-state index in [1.807, 2.05) is 49.4 Å². The minimum absolute atomic E-state index is 0.0432. The van der Waals surface area contributed by atoms with E-state index < -0.39 is 15.9 Å². The number of ether oxygens (including phenoxy) is 1. The monoisotopic (exact) mass is 348 g/mol. The fraction of sp³-hybridized carbons (Fsp3) is 0.368. The molecule has 1 unspecified atom stereocenters. The molecule has 130 valence electrons. The first-order chi connectivity index (χ1) is 11.4. The highest BCUT2D eigenvalue weighted by Crippen LogP contribution is 2.15. The van der Waals surface area contributed by atoms with E-state index in [4.69, 9.17) is 4.74 Å². The van der Waals surface area contributed by atoms with Crippen molar-refractivity contribution in [3.63, 3.8) is 0 Å². The summed E-state index contributed by atoms with van der Waals surface area (Å²) in [5.41, 5.74) is 2.90. The summed E-state index contributed by atoms with van der Waals surface area (Å²) in [5.74, 6) is 0.249. The second kappa shape index (κ2) is 8.31. The van der Waals surface area contributed by atoms with E-state index in [2.05, 4.69) is 6.92 Å². The van der Waals surface area contributed by atoms with Gasteiger partial charge in [0.05, 0.1) is 11.5 Å². The van der Waals surface area contributed by atoms with Gasteiger partial charge in [-0.2, -0.15) is 0 Å². The van der Waals surface area contributed by atoms with E-state index >= 15 is 0 Å². The third-order valence-electron chi connectivity index (χ3n) is 3.86. The zero-order valence-electron chi connectivity index (χ0n) is 14.1. The molecule has 0 aliphatic heterocycles. The summed E-state index contributed by atoms with van der Waals surface area (Å²) in [7, 11) is -3.40. The molecule has 0 spiro atoms. The van der Waals surface area contributed by atoms with E-state index in [1.54, 1.807) is 6.07 Å². The highest BCUT2D eigenvalue weighted by Gasteiger charge is 2.19. The van der Waals surface area contributed by atoms with Crippen LogP contribution in [0.3, 0.4) is 0 Å². The number of rotatable bonds is 8. The van der Waals surface area contributed by atoms with Crippen molar-refractivity contribution < 1.29 is 18.3 Å². The van der Waals surface area contributed by atoms with Crippen LogP contribution < -0.4 is 4.74 Å². The van der Waals surface area contributed by atoms with E-state index in [9.17, 15) is 13.5 Å². The summed E-state index contributed by atoms with van der Waals surface area (Å²) in [6.07, 6.45) is -0.107. The van der Waals surface area contributed by atoms with Crippen LogP contribution in [0.4, 0.5) is 0 Å². The van der Waals surface area contributed by atoms with Crippen molar-refractivity contribution in [3.8, 4) is 5.75 Å². The van der Waals surface area contributed by atoms with E-state index in [0.29, 0.717) is 5.75 Å². The molecule has 2 aromatic carbocycles. The topological polar surface area (TPSA) is 63.6 Å². The Morgan fingerprint density at radius 3 is 2.38 bits per heavy atom. The Labute approximate surface area is 144 Å². The van der Waals surface area contributed by atoms with Crippen molar-refractivity contribution in [2.45, 2.75) is 32.1 Å². The summed E-state index contributed by atoms with van der Waals surface area (Å²) in [4.78, 5) is 0. The zero-order chi connectivity index (χ0) is 17.6. The SMILES string of the molecule is CCc1ccc(OCC(O)CS(=O)(=O)Cc2ccccc2C)cc1. The standard InChI is InChI=1S/C19H24O4S/c1-3-16-8-10-19(11-9-16)23-12-18(20)14-24(21,22)13-17-7-5-4-6-15(17)2/h4-11,18,20H,3,12-14H2,1-2H3. The van der Waals surface area contributed by atoms with Crippen LogP contribution in [0.1, 0.15) is 23.6 Å². The maximum atomic E-state index is 12.2. The van der Waals surface area contributed by atoms with Crippen LogP contribution in [0.15, 0.2) is 48.5 Å². The highest BCUT2D eigenvalue weighted by atomic mass is 32.2. The molecule has 1 atom stereocenters. The molecule has 2 aromatic rings. The van der Waals surface area contributed by atoms with Crippen molar-refractivity contribution >= 4 is 9.84 Å². The third-order valence-corrected chi connectivity index (χ3v) is 5.50. The number of benzene rings is 2. The predicted octanol–water partition coefficient (Wildman–Crippen LogP) is 2.91. The van der Waals surface area contributed by atoms with Crippen LogP contribution in [0.5, 0.6) is 5.75 Å². The molecular formula is C19H24O4S. The van der Waals surface area contributed by atoms with Crippen LogP contribution >= 0.6 is 0 Å². The van der Waals surface area contributed by atoms with Gasteiger partial charge in [0.25, 0.3) is 0 Å². The summed E-state index contributed by atoms with van der Waals surface area (Å²) in [6, 6.07) is 14.9. The molecule has 0 aromatic heterocycles. The van der Waals surface area contributed by atoms with Crippen molar-refractivity contribution in [1.82, 2.24) is 0 Å². The van der Waals surface area contributed by atoms with Crippen LogP contribution in [0, 0.1) is 6.92 Å². The van der Waals surface area contributed by atoms with Gasteiger partial charge in [-0.15, -0.1) is 0 Å². The fourth-order valence-corrected chi connectivity index (χ4v) is 4.02. The third kappa shape index (κ3) is 5.65. The smallest absolute Gasteiger partial charge is 0.157 e. The Balaban J connectivity index is 1.88. The largest absolute Gasteiger partial charge is 0.491 e. The van der Waals surface area contributed by atoms with Gasteiger partial charge >= 0.3 is 0 Å². The van der Waals surface area contributed by atoms with E-state index in [-0.39, 0.29) is 18.1 Å². The molecule has 0 fully saturated rings. The van der Waals surface area contributed by atoms with Crippen molar-refractivity contribution in [2.24, 2.45) is 0 Å². The first-order valence-electron chi connectivity index (χ1n) is 8.04. The second-order valence-electron chi connectivity index (χ2n) is 5.94. The van der Waals surface area contributed by atoms with Crippen LogP contribution in [0.25, 0.3) is 0 Å². The Hall–Kier alpha value is -1.85. The summed E-state index contributed by atoms with van der Waals surface area (Å²) in [6.45, 7) is 3.90. The van der Waals surface area contributed by atoms with Gasteiger partial charge in [0, 0.05) is 0 Å². The van der Waals surface area contributed by atoms with Gasteiger partial charge in [0.2, 0.25) is 0 Å². The normalized spacial score (nSPS) is 12.8. The maximum absolute atomic E-state index is 12.2. The van der Waals surface area contributed by atoms with Crippen molar-refractivity contribution in [1.29, 1.82) is 0 Å². The Morgan fingerprint density at radius 1 is 1.08 bits per heavy atom. The Bertz CT molecular complexity index is 751. The van der Waals surface area contributed by atoms with Gasteiger partial charge in [-0.3, -0.25) is 0 Å². The van der Waals surface area contributed by atoms with Gasteiger partial charge in [-0.25, -0.2) is 8.42 Å². The lowest BCUT2D eigenvalue weighted by atomic mass is 10.1. The Morgan fingerprint density at radius 2 is 1.75 bits per heavy atom. The molecule has 4 nitrogen and oxygen atoms in total. The molecule has 24 heavy (non-hydrogen) atoms. The van der Waals surface area contributed by atoms with Gasteiger partial charge in [-0.1, -0.05) is 43.3 Å². The highest BCUT2D eigenvalue weighted by molar-refractivity contribution is 7.90. The molecule has 0 saturated carbocycles. The first kappa shape index (κ1) is 18.5. The molecule has 0 heterocycles. The predicted molar refractivity (Wildman–Crippen MR) is 96.0 cm³/mol. The minimum Gasteiger partial charge on any atom is -0.491 e. The van der Waals surface area contributed by atoms with Crippen LogP contribution in [-0.2, 0) is 22.0 Å². The number of hydrogen-bond donors (Lipinski definition) is 1. The van der Waals surface area contributed by atoms with E-state index in [0.717, 1.165) is 17.5 Å². The van der Waals surface area contributed by atoms with Crippen LogP contribution in [0.2, 0.25) is 0 Å². The molecule has 0 aliphatic carbocycles.